The Morgan fingerprint density at radius 3 is 2.43 bits per heavy atom. The first-order valence-corrected chi connectivity index (χ1v) is 10.2. The zero-order valence-electron chi connectivity index (χ0n) is 17.4. The Balaban J connectivity index is 1.40. The predicted molar refractivity (Wildman–Crippen MR) is 116 cm³/mol. The Kier molecular flexibility index (Phi) is 7.04. The smallest absolute Gasteiger partial charge is 0.319 e. The van der Waals surface area contributed by atoms with E-state index in [0.717, 1.165) is 42.7 Å². The van der Waals surface area contributed by atoms with Crippen LogP contribution in [0.3, 0.4) is 0 Å². The second kappa shape index (κ2) is 9.90. The van der Waals surface area contributed by atoms with Gasteiger partial charge in [0.25, 0.3) is 5.91 Å². The molecule has 1 heterocycles. The first-order valence-electron chi connectivity index (χ1n) is 10.2. The number of urea groups is 1. The van der Waals surface area contributed by atoms with Gasteiger partial charge in [0.1, 0.15) is 0 Å². The lowest BCUT2D eigenvalue weighted by Crippen LogP contribution is -3.14. The van der Waals surface area contributed by atoms with Crippen molar-refractivity contribution in [1.29, 1.82) is 5.26 Å². The third-order valence-electron chi connectivity index (χ3n) is 5.59. The average Bonchev–Trinajstić information content (AvgIpc) is 2.73. The molecule has 7 heteroatoms. The molecule has 0 radical (unpaired) electrons. The molecule has 3 amide bonds. The van der Waals surface area contributed by atoms with E-state index in [-0.39, 0.29) is 18.0 Å². The van der Waals surface area contributed by atoms with Crippen molar-refractivity contribution >= 4 is 23.3 Å². The summed E-state index contributed by atoms with van der Waals surface area (Å²) in [5.74, 6) is 0.0173. The van der Waals surface area contributed by atoms with Crippen LogP contribution in [-0.4, -0.2) is 37.6 Å². The summed E-state index contributed by atoms with van der Waals surface area (Å²) in [5, 5.41) is 17.6. The van der Waals surface area contributed by atoms with Crippen LogP contribution >= 0.6 is 0 Å². The molecule has 7 nitrogen and oxygen atoms in total. The minimum absolute atomic E-state index is 0.0173. The molecule has 0 bridgehead atoms. The van der Waals surface area contributed by atoms with Crippen LogP contribution in [0.25, 0.3) is 0 Å². The van der Waals surface area contributed by atoms with Gasteiger partial charge in [-0.15, -0.1) is 0 Å². The molecule has 0 unspecified atom stereocenters. The lowest BCUT2D eigenvalue weighted by Gasteiger charge is -2.29. The quantitative estimate of drug-likeness (QED) is 0.611. The van der Waals surface area contributed by atoms with Crippen molar-refractivity contribution in [2.24, 2.45) is 0 Å². The summed E-state index contributed by atoms with van der Waals surface area (Å²) in [6.45, 7) is 6.14. The molecule has 3 rings (SSSR count). The van der Waals surface area contributed by atoms with E-state index >= 15 is 0 Å². The SMILES string of the molecule is Cc1cccc(NC(=O)C[NH+]2CCC(NC(=O)Nc3ccc(C#N)cc3)CC2)c1C. The largest absolute Gasteiger partial charge is 0.335 e. The molecule has 2 aromatic carbocycles. The van der Waals surface area contributed by atoms with Gasteiger partial charge in [0.05, 0.1) is 24.7 Å². The molecule has 1 aliphatic rings. The Hall–Kier alpha value is -3.37. The molecule has 4 N–H and O–H groups in total. The number of carbonyl (C=O) groups excluding carboxylic acids is 2. The second-order valence-electron chi connectivity index (χ2n) is 7.78. The molecule has 1 fully saturated rings. The fourth-order valence-electron chi connectivity index (χ4n) is 3.64. The first kappa shape index (κ1) is 21.3. The highest BCUT2D eigenvalue weighted by molar-refractivity contribution is 5.92. The normalized spacial score (nSPS) is 18.2. The molecule has 0 spiro atoms. The summed E-state index contributed by atoms with van der Waals surface area (Å²) in [6, 6.07) is 14.6. The lowest BCUT2D eigenvalue weighted by atomic mass is 10.1. The third-order valence-corrected chi connectivity index (χ3v) is 5.59. The lowest BCUT2D eigenvalue weighted by molar-refractivity contribution is -0.897. The van der Waals surface area contributed by atoms with Crippen molar-refractivity contribution in [2.45, 2.75) is 32.7 Å². The van der Waals surface area contributed by atoms with E-state index in [4.69, 9.17) is 5.26 Å². The highest BCUT2D eigenvalue weighted by atomic mass is 16.2. The summed E-state index contributed by atoms with van der Waals surface area (Å²) in [7, 11) is 0. The molecular weight excluding hydrogens is 378 g/mol. The van der Waals surface area contributed by atoms with Gasteiger partial charge in [-0.1, -0.05) is 12.1 Å². The molecule has 1 saturated heterocycles. The maximum Gasteiger partial charge on any atom is 0.319 e. The fraction of sp³-hybridized carbons (Fsp3) is 0.348. The number of nitrogens with zero attached hydrogens (tertiary/aromatic N) is 1. The summed E-state index contributed by atoms with van der Waals surface area (Å²) >= 11 is 0. The Morgan fingerprint density at radius 1 is 1.07 bits per heavy atom. The maximum absolute atomic E-state index is 12.4. The molecule has 2 aromatic rings. The third kappa shape index (κ3) is 5.82. The zero-order valence-corrected chi connectivity index (χ0v) is 17.4. The molecule has 156 valence electrons. The van der Waals surface area contributed by atoms with Crippen LogP contribution in [0, 0.1) is 25.2 Å². The number of rotatable bonds is 5. The number of nitrogens with one attached hydrogen (secondary N) is 4. The van der Waals surface area contributed by atoms with Crippen molar-refractivity contribution in [3.63, 3.8) is 0 Å². The minimum Gasteiger partial charge on any atom is -0.335 e. The van der Waals surface area contributed by atoms with Gasteiger partial charge in [-0.05, 0) is 55.3 Å². The number of anilines is 2. The second-order valence-corrected chi connectivity index (χ2v) is 7.78. The number of quaternary nitrogens is 1. The molecule has 1 aliphatic heterocycles. The van der Waals surface area contributed by atoms with E-state index in [1.807, 2.05) is 32.0 Å². The number of benzene rings is 2. The average molecular weight is 407 g/mol. The predicted octanol–water partition coefficient (Wildman–Crippen LogP) is 1.98. The van der Waals surface area contributed by atoms with Crippen LogP contribution in [-0.2, 0) is 4.79 Å². The molecular formula is C23H28N5O2+. The van der Waals surface area contributed by atoms with Gasteiger partial charge in [-0.25, -0.2) is 4.79 Å². The molecule has 0 saturated carbocycles. The molecule has 0 atom stereocenters. The van der Waals surface area contributed by atoms with Crippen molar-refractivity contribution in [1.82, 2.24) is 5.32 Å². The number of hydrogen-bond donors (Lipinski definition) is 4. The standard InChI is InChI=1S/C23H27N5O2/c1-16-4-3-5-21(17(16)2)27-22(29)15-28-12-10-20(11-13-28)26-23(30)25-19-8-6-18(14-24)7-9-19/h3-9,20H,10-13,15H2,1-2H3,(H,27,29)(H2,25,26,30)/p+1. The van der Waals surface area contributed by atoms with Crippen LogP contribution in [0.15, 0.2) is 42.5 Å². The number of likely N-dealkylation sites (tertiary alicyclic amines) is 1. The van der Waals surface area contributed by atoms with Gasteiger partial charge >= 0.3 is 6.03 Å². The number of aryl methyl sites for hydroxylation is 1. The number of amides is 3. The van der Waals surface area contributed by atoms with E-state index < -0.39 is 0 Å². The van der Waals surface area contributed by atoms with Gasteiger partial charge in [-0.3, -0.25) is 4.79 Å². The Morgan fingerprint density at radius 2 is 1.77 bits per heavy atom. The van der Waals surface area contributed by atoms with Crippen LogP contribution < -0.4 is 20.9 Å². The highest BCUT2D eigenvalue weighted by Crippen LogP contribution is 2.17. The fourth-order valence-corrected chi connectivity index (χ4v) is 3.64. The van der Waals surface area contributed by atoms with Gasteiger partial charge in [0.15, 0.2) is 6.54 Å². The summed E-state index contributed by atoms with van der Waals surface area (Å²) in [5.41, 5.74) is 4.33. The zero-order chi connectivity index (χ0) is 21.5. The monoisotopic (exact) mass is 406 g/mol. The van der Waals surface area contributed by atoms with Crippen molar-refractivity contribution in [2.75, 3.05) is 30.3 Å². The molecule has 0 aliphatic carbocycles. The van der Waals surface area contributed by atoms with Crippen molar-refractivity contribution < 1.29 is 14.5 Å². The van der Waals surface area contributed by atoms with Gasteiger partial charge in [-0.2, -0.15) is 5.26 Å². The molecule has 0 aromatic heterocycles. The number of piperidine rings is 1. The summed E-state index contributed by atoms with van der Waals surface area (Å²) in [4.78, 5) is 25.8. The Labute approximate surface area is 177 Å². The van der Waals surface area contributed by atoms with Gasteiger partial charge in [0, 0.05) is 30.3 Å². The molecule has 30 heavy (non-hydrogen) atoms. The van der Waals surface area contributed by atoms with Gasteiger partial charge in [0.2, 0.25) is 0 Å². The number of carbonyl (C=O) groups is 2. The van der Waals surface area contributed by atoms with Crippen LogP contribution in [0.2, 0.25) is 0 Å². The highest BCUT2D eigenvalue weighted by Gasteiger charge is 2.25. The van der Waals surface area contributed by atoms with Gasteiger partial charge < -0.3 is 20.9 Å². The minimum atomic E-state index is -0.249. The summed E-state index contributed by atoms with van der Waals surface area (Å²) in [6.07, 6.45) is 1.65. The number of nitriles is 1. The van der Waals surface area contributed by atoms with Crippen LogP contribution in [0.5, 0.6) is 0 Å². The van der Waals surface area contributed by atoms with E-state index in [0.29, 0.717) is 17.8 Å². The topological polar surface area (TPSA) is 98.5 Å². The van der Waals surface area contributed by atoms with Crippen LogP contribution in [0.4, 0.5) is 16.2 Å². The Bertz CT molecular complexity index is 941. The summed E-state index contributed by atoms with van der Waals surface area (Å²) < 4.78 is 0. The van der Waals surface area contributed by atoms with E-state index in [1.54, 1.807) is 24.3 Å². The first-order chi connectivity index (χ1) is 14.4. The van der Waals surface area contributed by atoms with Crippen LogP contribution in [0.1, 0.15) is 29.5 Å². The van der Waals surface area contributed by atoms with Crippen molar-refractivity contribution in [3.8, 4) is 6.07 Å². The van der Waals surface area contributed by atoms with E-state index in [9.17, 15) is 9.59 Å². The van der Waals surface area contributed by atoms with E-state index in [1.165, 1.54) is 4.90 Å². The number of hydrogen-bond acceptors (Lipinski definition) is 3. The maximum atomic E-state index is 12.4. The van der Waals surface area contributed by atoms with E-state index in [2.05, 4.69) is 22.0 Å². The van der Waals surface area contributed by atoms with Crippen molar-refractivity contribution in [3.05, 3.63) is 59.2 Å².